The van der Waals surface area contributed by atoms with E-state index in [1.165, 1.54) is 5.56 Å². The molecule has 66 valence electrons. The summed E-state index contributed by atoms with van der Waals surface area (Å²) in [5, 5.41) is 0. The van der Waals surface area contributed by atoms with Crippen molar-refractivity contribution in [1.29, 1.82) is 0 Å². The van der Waals surface area contributed by atoms with Gasteiger partial charge in [-0.15, -0.1) is 0 Å². The summed E-state index contributed by atoms with van der Waals surface area (Å²) in [6.45, 7) is 4.45. The third-order valence-corrected chi connectivity index (χ3v) is 2.06. The first-order valence-electron chi connectivity index (χ1n) is 4.11. The minimum absolute atomic E-state index is 0.161. The van der Waals surface area contributed by atoms with Gasteiger partial charge in [-0.05, 0) is 55.6 Å². The number of nitrogens with two attached hydrogens (primary N) is 1. The van der Waals surface area contributed by atoms with Crippen molar-refractivity contribution in [1.82, 2.24) is 0 Å². The van der Waals surface area contributed by atoms with Gasteiger partial charge in [0.05, 0.1) is 0 Å². The topological polar surface area (TPSA) is 26.0 Å². The molecule has 2 N–H and O–H groups in total. The normalized spacial score (nSPS) is 10.3. The molecule has 0 amide bonds. The molecule has 0 saturated carbocycles. The Balaban J connectivity index is 3.10. The first-order chi connectivity index (χ1) is 5.65. The third-order valence-electron chi connectivity index (χ3n) is 2.06. The van der Waals surface area contributed by atoms with E-state index in [-0.39, 0.29) is 5.82 Å². The molecule has 1 aromatic rings. The Kier molecular flexibility index (Phi) is 2.82. The van der Waals surface area contributed by atoms with Gasteiger partial charge in [-0.2, -0.15) is 0 Å². The van der Waals surface area contributed by atoms with Crippen LogP contribution < -0.4 is 5.73 Å². The summed E-state index contributed by atoms with van der Waals surface area (Å²) in [5.41, 5.74) is 8.62. The molecule has 0 atom stereocenters. The fraction of sp³-hybridized carbons (Fsp3) is 0.400. The van der Waals surface area contributed by atoms with Gasteiger partial charge in [-0.25, -0.2) is 4.39 Å². The van der Waals surface area contributed by atoms with E-state index >= 15 is 0 Å². The number of halogens is 1. The minimum atomic E-state index is -0.161. The van der Waals surface area contributed by atoms with Gasteiger partial charge in [0, 0.05) is 0 Å². The van der Waals surface area contributed by atoms with Gasteiger partial charge >= 0.3 is 0 Å². The fourth-order valence-corrected chi connectivity index (χ4v) is 1.48. The number of hydrogen-bond acceptors (Lipinski definition) is 1. The van der Waals surface area contributed by atoms with E-state index in [9.17, 15) is 4.39 Å². The molecule has 0 aromatic heterocycles. The van der Waals surface area contributed by atoms with Gasteiger partial charge in [0.15, 0.2) is 0 Å². The van der Waals surface area contributed by atoms with E-state index in [0.717, 1.165) is 17.5 Å². The van der Waals surface area contributed by atoms with Crippen LogP contribution in [-0.4, -0.2) is 6.54 Å². The van der Waals surface area contributed by atoms with Gasteiger partial charge < -0.3 is 5.73 Å². The molecule has 1 rings (SSSR count). The summed E-state index contributed by atoms with van der Waals surface area (Å²) in [6.07, 6.45) is 0.831. The third kappa shape index (κ3) is 1.83. The van der Waals surface area contributed by atoms with Crippen molar-refractivity contribution >= 4 is 0 Å². The Bertz CT molecular complexity index is 258. The van der Waals surface area contributed by atoms with Gasteiger partial charge in [0.2, 0.25) is 0 Å². The van der Waals surface area contributed by atoms with Crippen LogP contribution in [0.3, 0.4) is 0 Å². The molecular formula is C10H14FN. The Hall–Kier alpha value is -0.890. The maximum absolute atomic E-state index is 12.8. The summed E-state index contributed by atoms with van der Waals surface area (Å²) in [7, 11) is 0. The van der Waals surface area contributed by atoms with Crippen molar-refractivity contribution in [3.63, 3.8) is 0 Å². The van der Waals surface area contributed by atoms with Gasteiger partial charge in [0.1, 0.15) is 5.82 Å². The van der Waals surface area contributed by atoms with E-state index in [0.29, 0.717) is 6.54 Å². The molecule has 0 fully saturated rings. The zero-order valence-electron chi connectivity index (χ0n) is 7.52. The van der Waals surface area contributed by atoms with Gasteiger partial charge in [-0.1, -0.05) is 0 Å². The van der Waals surface area contributed by atoms with Crippen LogP contribution >= 0.6 is 0 Å². The molecule has 0 unspecified atom stereocenters. The maximum Gasteiger partial charge on any atom is 0.123 e. The van der Waals surface area contributed by atoms with Crippen molar-refractivity contribution in [3.8, 4) is 0 Å². The van der Waals surface area contributed by atoms with E-state index in [4.69, 9.17) is 5.73 Å². The van der Waals surface area contributed by atoms with Crippen LogP contribution in [0.15, 0.2) is 12.1 Å². The standard InChI is InChI=1S/C10H14FN/c1-7-5-9(11)6-8(2)10(7)3-4-12/h5-6H,3-4,12H2,1-2H3. The quantitative estimate of drug-likeness (QED) is 0.715. The second kappa shape index (κ2) is 3.68. The highest BCUT2D eigenvalue weighted by molar-refractivity contribution is 5.34. The van der Waals surface area contributed by atoms with E-state index in [1.807, 2.05) is 13.8 Å². The molecule has 1 nitrogen and oxygen atoms in total. The number of benzene rings is 1. The highest BCUT2D eigenvalue weighted by atomic mass is 19.1. The molecule has 0 aliphatic heterocycles. The van der Waals surface area contributed by atoms with Gasteiger partial charge in [-0.3, -0.25) is 0 Å². The molecule has 12 heavy (non-hydrogen) atoms. The van der Waals surface area contributed by atoms with Crippen molar-refractivity contribution in [2.75, 3.05) is 6.54 Å². The summed E-state index contributed by atoms with van der Waals surface area (Å²) >= 11 is 0. The molecule has 0 aliphatic rings. The van der Waals surface area contributed by atoms with Crippen LogP contribution in [-0.2, 0) is 6.42 Å². The monoisotopic (exact) mass is 167 g/mol. The minimum Gasteiger partial charge on any atom is -0.330 e. The lowest BCUT2D eigenvalue weighted by molar-refractivity contribution is 0.624. The number of rotatable bonds is 2. The Morgan fingerprint density at radius 3 is 2.17 bits per heavy atom. The summed E-state index contributed by atoms with van der Waals surface area (Å²) in [4.78, 5) is 0. The van der Waals surface area contributed by atoms with Crippen LogP contribution in [0.4, 0.5) is 4.39 Å². The lowest BCUT2D eigenvalue weighted by Crippen LogP contribution is -2.06. The average molecular weight is 167 g/mol. The Labute approximate surface area is 72.4 Å². The first kappa shape index (κ1) is 9.20. The highest BCUT2D eigenvalue weighted by Gasteiger charge is 2.03. The molecule has 0 saturated heterocycles. The predicted octanol–water partition coefficient (Wildman–Crippen LogP) is 1.94. The largest absolute Gasteiger partial charge is 0.330 e. The van der Waals surface area contributed by atoms with Crippen LogP contribution in [0, 0.1) is 19.7 Å². The van der Waals surface area contributed by atoms with Crippen LogP contribution in [0.2, 0.25) is 0 Å². The van der Waals surface area contributed by atoms with E-state index in [1.54, 1.807) is 12.1 Å². The smallest absolute Gasteiger partial charge is 0.123 e. The number of aryl methyl sites for hydroxylation is 2. The van der Waals surface area contributed by atoms with Crippen LogP contribution in [0.25, 0.3) is 0 Å². The van der Waals surface area contributed by atoms with Crippen LogP contribution in [0.1, 0.15) is 16.7 Å². The molecule has 0 spiro atoms. The molecule has 2 heteroatoms. The van der Waals surface area contributed by atoms with Crippen molar-refractivity contribution in [3.05, 3.63) is 34.6 Å². The second-order valence-corrected chi connectivity index (χ2v) is 3.06. The predicted molar refractivity (Wildman–Crippen MR) is 48.6 cm³/mol. The molecular weight excluding hydrogens is 153 g/mol. The zero-order chi connectivity index (χ0) is 9.14. The molecule has 0 radical (unpaired) electrons. The molecule has 1 aromatic carbocycles. The molecule has 0 aliphatic carbocycles. The van der Waals surface area contributed by atoms with Crippen molar-refractivity contribution < 1.29 is 4.39 Å². The Morgan fingerprint density at radius 2 is 1.75 bits per heavy atom. The maximum atomic E-state index is 12.8. The molecule has 0 bridgehead atoms. The summed E-state index contributed by atoms with van der Waals surface area (Å²) in [6, 6.07) is 3.11. The van der Waals surface area contributed by atoms with E-state index in [2.05, 4.69) is 0 Å². The lowest BCUT2D eigenvalue weighted by atomic mass is 10.00. The highest BCUT2D eigenvalue weighted by Crippen LogP contribution is 2.15. The average Bonchev–Trinajstić information content (AvgIpc) is 1.96. The Morgan fingerprint density at radius 1 is 1.25 bits per heavy atom. The molecule has 0 heterocycles. The van der Waals surface area contributed by atoms with Crippen molar-refractivity contribution in [2.45, 2.75) is 20.3 Å². The lowest BCUT2D eigenvalue weighted by Gasteiger charge is -2.08. The summed E-state index contributed by atoms with van der Waals surface area (Å²) in [5.74, 6) is -0.161. The second-order valence-electron chi connectivity index (χ2n) is 3.06. The van der Waals surface area contributed by atoms with E-state index < -0.39 is 0 Å². The van der Waals surface area contributed by atoms with Gasteiger partial charge in [0.25, 0.3) is 0 Å². The van der Waals surface area contributed by atoms with Crippen LogP contribution in [0.5, 0.6) is 0 Å². The SMILES string of the molecule is Cc1cc(F)cc(C)c1CCN. The van der Waals surface area contributed by atoms with Crippen molar-refractivity contribution in [2.24, 2.45) is 5.73 Å². The first-order valence-corrected chi connectivity index (χ1v) is 4.11. The summed E-state index contributed by atoms with van der Waals surface area (Å²) < 4.78 is 12.8. The number of hydrogen-bond donors (Lipinski definition) is 1. The fourth-order valence-electron chi connectivity index (χ4n) is 1.48. The zero-order valence-corrected chi connectivity index (χ0v) is 7.52.